The minimum absolute atomic E-state index is 0.0941. The Morgan fingerprint density at radius 3 is 2.72 bits per heavy atom. The smallest absolute Gasteiger partial charge is 0.336 e. The van der Waals surface area contributed by atoms with Crippen molar-refractivity contribution in [3.05, 3.63) is 56.8 Å². The number of unbranched alkanes of at least 4 members (excludes halogenated alkanes) is 2. The third kappa shape index (κ3) is 4.82. The van der Waals surface area contributed by atoms with E-state index in [0.717, 1.165) is 47.1 Å². The van der Waals surface area contributed by atoms with E-state index in [-0.39, 0.29) is 17.2 Å². The van der Waals surface area contributed by atoms with Crippen LogP contribution in [0.2, 0.25) is 0 Å². The second kappa shape index (κ2) is 8.86. The van der Waals surface area contributed by atoms with Crippen molar-refractivity contribution >= 4 is 27.7 Å². The van der Waals surface area contributed by atoms with Gasteiger partial charge in [0.25, 0.3) is 0 Å². The number of ether oxygens (including phenoxy) is 1. The SMILES string of the molecule is CCCCCOC(=O)C1=C(C)NC2=C(C(=O)CC(C)(C)C2)[C@@H]1c1cccc(Br)c1. The molecule has 0 unspecified atom stereocenters. The van der Waals surface area contributed by atoms with Crippen molar-refractivity contribution in [2.45, 2.75) is 65.7 Å². The summed E-state index contributed by atoms with van der Waals surface area (Å²) >= 11 is 3.53. The molecule has 29 heavy (non-hydrogen) atoms. The lowest BCUT2D eigenvalue weighted by molar-refractivity contribution is -0.139. The van der Waals surface area contributed by atoms with Gasteiger partial charge in [-0.2, -0.15) is 0 Å². The summed E-state index contributed by atoms with van der Waals surface area (Å²) in [6.45, 7) is 8.65. The van der Waals surface area contributed by atoms with Gasteiger partial charge in [0, 0.05) is 33.8 Å². The second-order valence-corrected chi connectivity index (χ2v) is 9.74. The Kier molecular flexibility index (Phi) is 6.67. The number of nitrogens with one attached hydrogen (secondary N) is 1. The van der Waals surface area contributed by atoms with Gasteiger partial charge >= 0.3 is 5.97 Å². The van der Waals surface area contributed by atoms with Crippen molar-refractivity contribution in [1.29, 1.82) is 0 Å². The molecule has 0 spiro atoms. The van der Waals surface area contributed by atoms with E-state index in [9.17, 15) is 9.59 Å². The molecule has 4 nitrogen and oxygen atoms in total. The van der Waals surface area contributed by atoms with E-state index in [1.165, 1.54) is 0 Å². The molecule has 1 aromatic rings. The summed E-state index contributed by atoms with van der Waals surface area (Å²) in [7, 11) is 0. The molecule has 0 radical (unpaired) electrons. The summed E-state index contributed by atoms with van der Waals surface area (Å²) < 4.78 is 6.53. The second-order valence-electron chi connectivity index (χ2n) is 8.83. The van der Waals surface area contributed by atoms with Crippen molar-refractivity contribution in [1.82, 2.24) is 5.32 Å². The highest BCUT2D eigenvalue weighted by atomic mass is 79.9. The van der Waals surface area contributed by atoms with Crippen LogP contribution in [0.4, 0.5) is 0 Å². The number of carbonyl (C=O) groups excluding carboxylic acids is 2. The summed E-state index contributed by atoms with van der Waals surface area (Å²) in [5.41, 5.74) is 3.82. The third-order valence-corrected chi connectivity index (χ3v) is 6.12. The van der Waals surface area contributed by atoms with Gasteiger partial charge in [0.15, 0.2) is 5.78 Å². The summed E-state index contributed by atoms with van der Waals surface area (Å²) in [5, 5.41) is 3.38. The fourth-order valence-corrected chi connectivity index (χ4v) is 4.74. The van der Waals surface area contributed by atoms with Crippen molar-refractivity contribution < 1.29 is 14.3 Å². The Morgan fingerprint density at radius 2 is 2.03 bits per heavy atom. The van der Waals surface area contributed by atoms with Crippen molar-refractivity contribution in [3.63, 3.8) is 0 Å². The first-order valence-corrected chi connectivity index (χ1v) is 11.2. The lowest BCUT2D eigenvalue weighted by Gasteiger charge is -2.39. The summed E-state index contributed by atoms with van der Waals surface area (Å²) in [6.07, 6.45) is 4.22. The number of dihydropyridines is 1. The van der Waals surface area contributed by atoms with E-state index >= 15 is 0 Å². The Balaban J connectivity index is 2.03. The molecule has 3 rings (SSSR count). The average molecular weight is 460 g/mol. The van der Waals surface area contributed by atoms with E-state index in [1.54, 1.807) is 0 Å². The maximum atomic E-state index is 13.2. The predicted molar refractivity (Wildman–Crippen MR) is 118 cm³/mol. The molecule has 1 aromatic carbocycles. The normalized spacial score (nSPS) is 21.0. The van der Waals surface area contributed by atoms with Crippen LogP contribution in [0.25, 0.3) is 0 Å². The number of carbonyl (C=O) groups is 2. The number of Topliss-reactive ketones (excluding diaryl/α,β-unsaturated/α-hetero) is 1. The van der Waals surface area contributed by atoms with Crippen LogP contribution < -0.4 is 5.32 Å². The van der Waals surface area contributed by atoms with Gasteiger partial charge in [0.2, 0.25) is 0 Å². The standard InChI is InChI=1S/C24H30BrNO3/c1-5-6-7-11-29-23(28)20-15(2)26-18-13-24(3,4)14-19(27)22(18)21(20)16-9-8-10-17(25)12-16/h8-10,12,21,26H,5-7,11,13-14H2,1-4H3/t21-/m1/s1. The van der Waals surface area contributed by atoms with E-state index in [4.69, 9.17) is 4.74 Å². The number of benzene rings is 1. The number of ketones is 1. The van der Waals surface area contributed by atoms with Gasteiger partial charge in [0.05, 0.1) is 12.2 Å². The maximum Gasteiger partial charge on any atom is 0.336 e. The molecular formula is C24H30BrNO3. The highest BCUT2D eigenvalue weighted by Gasteiger charge is 2.43. The first-order valence-electron chi connectivity index (χ1n) is 10.4. The molecule has 0 fully saturated rings. The van der Waals surface area contributed by atoms with Crippen molar-refractivity contribution in [3.8, 4) is 0 Å². The zero-order chi connectivity index (χ0) is 21.2. The molecule has 0 amide bonds. The van der Waals surface area contributed by atoms with Crippen LogP contribution in [0.5, 0.6) is 0 Å². The Hall–Kier alpha value is -1.88. The molecule has 1 aliphatic heterocycles. The molecule has 0 aromatic heterocycles. The monoisotopic (exact) mass is 459 g/mol. The first kappa shape index (κ1) is 21.8. The van der Waals surface area contributed by atoms with E-state index in [1.807, 2.05) is 31.2 Å². The topological polar surface area (TPSA) is 55.4 Å². The van der Waals surface area contributed by atoms with Gasteiger partial charge in [-0.1, -0.05) is 61.7 Å². The Morgan fingerprint density at radius 1 is 1.28 bits per heavy atom. The number of allylic oxidation sites excluding steroid dienone is 3. The molecule has 5 heteroatoms. The highest BCUT2D eigenvalue weighted by Crippen LogP contribution is 2.47. The molecule has 0 bridgehead atoms. The Bertz CT molecular complexity index is 882. The van der Waals surface area contributed by atoms with Crippen LogP contribution >= 0.6 is 15.9 Å². The minimum atomic E-state index is -0.397. The fraction of sp³-hybridized carbons (Fsp3) is 0.500. The molecule has 0 saturated heterocycles. The zero-order valence-corrected chi connectivity index (χ0v) is 19.3. The highest BCUT2D eigenvalue weighted by molar-refractivity contribution is 9.10. The molecule has 1 heterocycles. The number of halogens is 1. The lowest BCUT2D eigenvalue weighted by atomic mass is 9.68. The van der Waals surface area contributed by atoms with Gasteiger partial charge in [-0.25, -0.2) is 4.79 Å². The van der Waals surface area contributed by atoms with Gasteiger partial charge in [-0.05, 0) is 42.9 Å². The van der Waals surface area contributed by atoms with E-state index < -0.39 is 5.92 Å². The average Bonchev–Trinajstić information content (AvgIpc) is 2.63. The lowest BCUT2D eigenvalue weighted by Crippen LogP contribution is -2.38. The fourth-order valence-electron chi connectivity index (χ4n) is 4.32. The molecule has 2 aliphatic rings. The van der Waals surface area contributed by atoms with E-state index in [0.29, 0.717) is 24.2 Å². The largest absolute Gasteiger partial charge is 0.462 e. The van der Waals surface area contributed by atoms with Crippen molar-refractivity contribution in [2.75, 3.05) is 6.61 Å². The van der Waals surface area contributed by atoms with Gasteiger partial charge in [0.1, 0.15) is 0 Å². The first-order chi connectivity index (χ1) is 13.7. The van der Waals surface area contributed by atoms with E-state index in [2.05, 4.69) is 42.0 Å². The number of esters is 1. The number of hydrogen-bond donors (Lipinski definition) is 1. The number of hydrogen-bond acceptors (Lipinski definition) is 4. The van der Waals surface area contributed by atoms with Gasteiger partial charge in [-0.3, -0.25) is 4.79 Å². The summed E-state index contributed by atoms with van der Waals surface area (Å²) in [4.78, 5) is 26.3. The number of rotatable bonds is 6. The van der Waals surface area contributed by atoms with Gasteiger partial charge in [-0.15, -0.1) is 0 Å². The molecule has 1 atom stereocenters. The quantitative estimate of drug-likeness (QED) is 0.432. The van der Waals surface area contributed by atoms with Crippen LogP contribution in [0.1, 0.15) is 71.3 Å². The van der Waals surface area contributed by atoms with Crippen LogP contribution in [0.15, 0.2) is 51.3 Å². The molecular weight excluding hydrogens is 430 g/mol. The Labute approximate surface area is 181 Å². The van der Waals surface area contributed by atoms with Crippen LogP contribution in [0, 0.1) is 5.41 Å². The molecule has 156 valence electrons. The molecule has 0 saturated carbocycles. The van der Waals surface area contributed by atoms with Gasteiger partial charge < -0.3 is 10.1 Å². The summed E-state index contributed by atoms with van der Waals surface area (Å²) in [5.74, 6) is -0.621. The van der Waals surface area contributed by atoms with Crippen molar-refractivity contribution in [2.24, 2.45) is 5.41 Å². The summed E-state index contributed by atoms with van der Waals surface area (Å²) in [6, 6.07) is 7.87. The zero-order valence-electron chi connectivity index (χ0n) is 17.7. The molecule has 1 aliphatic carbocycles. The van der Waals surface area contributed by atoms with Crippen LogP contribution in [-0.2, 0) is 14.3 Å². The predicted octanol–water partition coefficient (Wildman–Crippen LogP) is 5.79. The van der Waals surface area contributed by atoms with Crippen LogP contribution in [-0.4, -0.2) is 18.4 Å². The molecule has 1 N–H and O–H groups in total. The van der Waals surface area contributed by atoms with Crippen LogP contribution in [0.3, 0.4) is 0 Å². The minimum Gasteiger partial charge on any atom is -0.462 e. The maximum absolute atomic E-state index is 13.2. The third-order valence-electron chi connectivity index (χ3n) is 5.62.